The number of hydrogen-bond acceptors (Lipinski definition) is 5. The number of carbonyl (C=O) groups excluding carboxylic acids is 2. The molecule has 1 N–H and O–H groups in total. The smallest absolute Gasteiger partial charge is 0.295 e. The summed E-state index contributed by atoms with van der Waals surface area (Å²) in [6.07, 6.45) is 2.58. The maximum Gasteiger partial charge on any atom is 0.295 e. The van der Waals surface area contributed by atoms with Gasteiger partial charge in [0.25, 0.3) is 11.7 Å². The minimum absolute atomic E-state index is 0.00201. The molecular formula is C26H31FN2O4. The number of nitrogens with zero attached hydrogens (tertiary/aromatic N) is 2. The molecular weight excluding hydrogens is 423 g/mol. The van der Waals surface area contributed by atoms with E-state index >= 15 is 0 Å². The maximum atomic E-state index is 13.4. The summed E-state index contributed by atoms with van der Waals surface area (Å²) in [6.45, 7) is 3.75. The van der Waals surface area contributed by atoms with Crippen molar-refractivity contribution in [3.8, 4) is 5.75 Å². The lowest BCUT2D eigenvalue weighted by Crippen LogP contribution is -2.32. The predicted octanol–water partition coefficient (Wildman–Crippen LogP) is 4.38. The molecule has 0 aromatic heterocycles. The van der Waals surface area contributed by atoms with E-state index in [1.54, 1.807) is 0 Å². The average Bonchev–Trinajstić information content (AvgIpc) is 3.04. The van der Waals surface area contributed by atoms with E-state index in [1.807, 2.05) is 43.3 Å². The Labute approximate surface area is 194 Å². The fourth-order valence-electron chi connectivity index (χ4n) is 3.89. The third-order valence-corrected chi connectivity index (χ3v) is 5.60. The molecule has 1 amide bonds. The Balaban J connectivity index is 2.04. The van der Waals surface area contributed by atoms with Gasteiger partial charge in [0.2, 0.25) is 0 Å². The third kappa shape index (κ3) is 5.79. The largest absolute Gasteiger partial charge is 0.507 e. The molecule has 1 atom stereocenters. The third-order valence-electron chi connectivity index (χ3n) is 5.60. The minimum Gasteiger partial charge on any atom is -0.507 e. The van der Waals surface area contributed by atoms with Crippen LogP contribution in [0, 0.1) is 5.82 Å². The summed E-state index contributed by atoms with van der Waals surface area (Å²) < 4.78 is 19.2. The number of unbranched alkanes of at least 4 members (excludes halogenated alkanes) is 1. The zero-order valence-electron chi connectivity index (χ0n) is 19.4. The number of ether oxygens (including phenoxy) is 1. The highest BCUT2D eigenvalue weighted by atomic mass is 19.1. The van der Waals surface area contributed by atoms with Crippen LogP contribution in [0.25, 0.3) is 5.76 Å². The Kier molecular flexibility index (Phi) is 8.22. The van der Waals surface area contributed by atoms with Gasteiger partial charge in [-0.2, -0.15) is 0 Å². The Morgan fingerprint density at radius 1 is 1.12 bits per heavy atom. The van der Waals surface area contributed by atoms with Gasteiger partial charge in [-0.1, -0.05) is 25.5 Å². The van der Waals surface area contributed by atoms with Crippen LogP contribution in [0.1, 0.15) is 43.4 Å². The molecule has 1 aliphatic rings. The van der Waals surface area contributed by atoms with Gasteiger partial charge < -0.3 is 19.6 Å². The second-order valence-electron chi connectivity index (χ2n) is 8.43. The predicted molar refractivity (Wildman–Crippen MR) is 125 cm³/mol. The van der Waals surface area contributed by atoms with Gasteiger partial charge >= 0.3 is 0 Å². The molecule has 2 aromatic rings. The Bertz CT molecular complexity index is 1020. The van der Waals surface area contributed by atoms with E-state index in [2.05, 4.69) is 6.92 Å². The number of ketones is 1. The summed E-state index contributed by atoms with van der Waals surface area (Å²) in [5.74, 6) is -1.53. The minimum atomic E-state index is -0.757. The maximum absolute atomic E-state index is 13.4. The molecule has 7 heteroatoms. The van der Waals surface area contributed by atoms with Crippen molar-refractivity contribution in [3.05, 3.63) is 71.0 Å². The van der Waals surface area contributed by atoms with E-state index in [0.29, 0.717) is 30.9 Å². The average molecular weight is 455 g/mol. The van der Waals surface area contributed by atoms with Crippen LogP contribution in [0.15, 0.2) is 54.1 Å². The van der Waals surface area contributed by atoms with Gasteiger partial charge in [-0.15, -0.1) is 0 Å². The molecule has 1 saturated heterocycles. The van der Waals surface area contributed by atoms with Crippen molar-refractivity contribution in [1.82, 2.24) is 9.80 Å². The van der Waals surface area contributed by atoms with Crippen LogP contribution in [0.4, 0.5) is 4.39 Å². The van der Waals surface area contributed by atoms with E-state index < -0.39 is 23.5 Å². The first-order valence-electron chi connectivity index (χ1n) is 11.2. The monoisotopic (exact) mass is 454 g/mol. The lowest BCUT2D eigenvalue weighted by Gasteiger charge is -2.26. The number of halogens is 1. The zero-order chi connectivity index (χ0) is 24.0. The highest BCUT2D eigenvalue weighted by Gasteiger charge is 2.45. The first kappa shape index (κ1) is 24.5. The number of Topliss-reactive ketones (excluding diaryl/α,β-unsaturated/α-hetero) is 1. The molecule has 0 bridgehead atoms. The van der Waals surface area contributed by atoms with Crippen LogP contribution in [0.5, 0.6) is 5.75 Å². The second-order valence-corrected chi connectivity index (χ2v) is 8.43. The van der Waals surface area contributed by atoms with Crippen LogP contribution in [0.3, 0.4) is 0 Å². The summed E-state index contributed by atoms with van der Waals surface area (Å²) in [6, 6.07) is 11.7. The van der Waals surface area contributed by atoms with E-state index in [1.165, 1.54) is 29.2 Å². The van der Waals surface area contributed by atoms with Crippen LogP contribution in [0.2, 0.25) is 0 Å². The lowest BCUT2D eigenvalue weighted by molar-refractivity contribution is -0.139. The Hall–Kier alpha value is -3.19. The van der Waals surface area contributed by atoms with Crippen molar-refractivity contribution >= 4 is 17.4 Å². The van der Waals surface area contributed by atoms with E-state index in [-0.39, 0.29) is 16.9 Å². The normalized spacial score (nSPS) is 17.7. The summed E-state index contributed by atoms with van der Waals surface area (Å²) >= 11 is 0. The summed E-state index contributed by atoms with van der Waals surface area (Å²) in [5, 5.41) is 11.0. The molecule has 1 fully saturated rings. The van der Waals surface area contributed by atoms with Gasteiger partial charge in [-0.3, -0.25) is 9.59 Å². The first-order valence-corrected chi connectivity index (χ1v) is 11.2. The van der Waals surface area contributed by atoms with Crippen LogP contribution >= 0.6 is 0 Å². The molecule has 176 valence electrons. The highest BCUT2D eigenvalue weighted by molar-refractivity contribution is 6.46. The molecule has 1 aliphatic heterocycles. The van der Waals surface area contributed by atoms with Crippen molar-refractivity contribution in [3.63, 3.8) is 0 Å². The van der Waals surface area contributed by atoms with Crippen LogP contribution in [-0.4, -0.2) is 60.4 Å². The molecule has 0 radical (unpaired) electrons. The number of benzene rings is 2. The fraction of sp³-hybridized carbons (Fsp3) is 0.385. The molecule has 1 unspecified atom stereocenters. The van der Waals surface area contributed by atoms with Crippen LogP contribution in [-0.2, 0) is 9.59 Å². The topological polar surface area (TPSA) is 70.1 Å². The van der Waals surface area contributed by atoms with Crippen molar-refractivity contribution < 1.29 is 23.8 Å². The number of rotatable bonds is 10. The van der Waals surface area contributed by atoms with Gasteiger partial charge in [0.15, 0.2) is 0 Å². The molecule has 6 nitrogen and oxygen atoms in total. The molecule has 33 heavy (non-hydrogen) atoms. The molecule has 0 aliphatic carbocycles. The standard InChI is InChI=1S/C26H31FN2O4/c1-4-5-16-33-21-9-6-8-19(17-21)23-22(24(30)18-10-12-20(27)13-11-18)25(31)26(32)29(23)15-7-14-28(2)3/h6,8-13,17,23,30H,4-5,7,14-16H2,1-3H3/b24-22+. The van der Waals surface area contributed by atoms with Gasteiger partial charge in [0.05, 0.1) is 18.2 Å². The van der Waals surface area contributed by atoms with Crippen molar-refractivity contribution in [2.75, 3.05) is 33.8 Å². The van der Waals surface area contributed by atoms with E-state index in [4.69, 9.17) is 4.74 Å². The zero-order valence-corrected chi connectivity index (χ0v) is 19.4. The SMILES string of the molecule is CCCCOc1cccc(C2/C(=C(\O)c3ccc(F)cc3)C(=O)C(=O)N2CCCN(C)C)c1. The molecule has 0 spiro atoms. The van der Waals surface area contributed by atoms with Gasteiger partial charge in [0, 0.05) is 12.1 Å². The summed E-state index contributed by atoms with van der Waals surface area (Å²) in [4.78, 5) is 29.5. The number of amides is 1. The Morgan fingerprint density at radius 2 is 1.85 bits per heavy atom. The lowest BCUT2D eigenvalue weighted by atomic mass is 9.95. The van der Waals surface area contributed by atoms with Gasteiger partial charge in [0.1, 0.15) is 17.3 Å². The second kappa shape index (κ2) is 11.1. The van der Waals surface area contributed by atoms with Crippen LogP contribution < -0.4 is 4.74 Å². The van der Waals surface area contributed by atoms with Gasteiger partial charge in [-0.05, 0) is 75.4 Å². The Morgan fingerprint density at radius 3 is 2.52 bits per heavy atom. The number of aliphatic hydroxyl groups is 1. The van der Waals surface area contributed by atoms with Crippen molar-refractivity contribution in [2.24, 2.45) is 0 Å². The molecule has 0 saturated carbocycles. The summed E-state index contributed by atoms with van der Waals surface area (Å²) in [5.41, 5.74) is 0.960. The number of likely N-dealkylation sites (tertiary alicyclic amines) is 1. The number of hydrogen-bond donors (Lipinski definition) is 1. The number of carbonyl (C=O) groups is 2. The van der Waals surface area contributed by atoms with Crippen molar-refractivity contribution in [2.45, 2.75) is 32.2 Å². The quantitative estimate of drug-likeness (QED) is 0.250. The highest BCUT2D eigenvalue weighted by Crippen LogP contribution is 2.40. The molecule has 3 rings (SSSR count). The molecule has 2 aromatic carbocycles. The van der Waals surface area contributed by atoms with E-state index in [9.17, 15) is 19.1 Å². The summed E-state index contributed by atoms with van der Waals surface area (Å²) in [7, 11) is 3.88. The first-order chi connectivity index (χ1) is 15.8. The van der Waals surface area contributed by atoms with E-state index in [0.717, 1.165) is 19.4 Å². The molecule has 1 heterocycles. The van der Waals surface area contributed by atoms with Crippen molar-refractivity contribution in [1.29, 1.82) is 0 Å². The van der Waals surface area contributed by atoms with Gasteiger partial charge in [-0.25, -0.2) is 4.39 Å². The number of aliphatic hydroxyl groups excluding tert-OH is 1. The fourth-order valence-corrected chi connectivity index (χ4v) is 3.89.